The second kappa shape index (κ2) is 5.59. The molecule has 0 unspecified atom stereocenters. The van der Waals surface area contributed by atoms with E-state index in [4.69, 9.17) is 0 Å². The number of halogens is 1. The van der Waals surface area contributed by atoms with Gasteiger partial charge in [0.05, 0.1) is 16.8 Å². The van der Waals surface area contributed by atoms with E-state index in [0.29, 0.717) is 6.54 Å². The zero-order valence-corrected chi connectivity index (χ0v) is 10.9. The molecule has 1 aromatic heterocycles. The van der Waals surface area contributed by atoms with Gasteiger partial charge >= 0.3 is 0 Å². The van der Waals surface area contributed by atoms with Gasteiger partial charge in [0.15, 0.2) is 0 Å². The minimum absolute atomic E-state index is 0.101. The van der Waals surface area contributed by atoms with Crippen LogP contribution in [0.4, 0.5) is 11.4 Å². The van der Waals surface area contributed by atoms with Crippen LogP contribution in [0.5, 0.6) is 0 Å². The molecule has 92 valence electrons. The standard InChI is InChI=1S/C12H10BrN3O2/c13-12-6-3-10(8-15-12)14-7-9-1-4-11(5-2-9)16(17)18/h1-6,8,14H,7H2. The van der Waals surface area contributed by atoms with E-state index in [1.807, 2.05) is 12.1 Å². The molecule has 0 spiro atoms. The van der Waals surface area contributed by atoms with Gasteiger partial charge in [0.2, 0.25) is 0 Å². The summed E-state index contributed by atoms with van der Waals surface area (Å²) in [5, 5.41) is 13.7. The van der Waals surface area contributed by atoms with Gasteiger partial charge < -0.3 is 5.32 Å². The van der Waals surface area contributed by atoms with Crippen molar-refractivity contribution in [2.45, 2.75) is 6.54 Å². The van der Waals surface area contributed by atoms with E-state index < -0.39 is 4.92 Å². The van der Waals surface area contributed by atoms with Gasteiger partial charge in [-0.3, -0.25) is 10.1 Å². The minimum atomic E-state index is -0.407. The molecule has 1 N–H and O–H groups in total. The van der Waals surface area contributed by atoms with Crippen LogP contribution in [0.15, 0.2) is 47.2 Å². The van der Waals surface area contributed by atoms with Crippen LogP contribution in [-0.4, -0.2) is 9.91 Å². The highest BCUT2D eigenvalue weighted by atomic mass is 79.9. The van der Waals surface area contributed by atoms with E-state index in [1.165, 1.54) is 12.1 Å². The molecular formula is C12H10BrN3O2. The van der Waals surface area contributed by atoms with Gasteiger partial charge in [0.25, 0.3) is 5.69 Å². The number of nitro groups is 1. The Morgan fingerprint density at radius 1 is 1.22 bits per heavy atom. The number of aromatic nitrogens is 1. The molecule has 0 aliphatic rings. The maximum Gasteiger partial charge on any atom is 0.269 e. The number of non-ortho nitro benzene ring substituents is 1. The van der Waals surface area contributed by atoms with Gasteiger partial charge in [-0.15, -0.1) is 0 Å². The molecule has 1 heterocycles. The fourth-order valence-corrected chi connectivity index (χ4v) is 1.65. The fourth-order valence-electron chi connectivity index (χ4n) is 1.42. The molecule has 6 heteroatoms. The van der Waals surface area contributed by atoms with Crippen molar-refractivity contribution in [2.75, 3.05) is 5.32 Å². The monoisotopic (exact) mass is 307 g/mol. The first-order valence-corrected chi connectivity index (χ1v) is 6.03. The van der Waals surface area contributed by atoms with Crippen molar-refractivity contribution >= 4 is 27.3 Å². The molecule has 0 aliphatic carbocycles. The SMILES string of the molecule is O=[N+]([O-])c1ccc(CNc2ccc(Br)nc2)cc1. The van der Waals surface area contributed by atoms with Crippen molar-refractivity contribution in [1.29, 1.82) is 0 Å². The molecule has 0 amide bonds. The maximum absolute atomic E-state index is 10.5. The van der Waals surface area contributed by atoms with Gasteiger partial charge in [-0.2, -0.15) is 0 Å². The van der Waals surface area contributed by atoms with Crippen LogP contribution >= 0.6 is 15.9 Å². The summed E-state index contributed by atoms with van der Waals surface area (Å²) < 4.78 is 0.781. The van der Waals surface area contributed by atoms with Gasteiger partial charge in [0, 0.05) is 18.7 Å². The Balaban J connectivity index is 1.97. The lowest BCUT2D eigenvalue weighted by Crippen LogP contribution is -1.99. The summed E-state index contributed by atoms with van der Waals surface area (Å²) in [6, 6.07) is 10.2. The highest BCUT2D eigenvalue weighted by Crippen LogP contribution is 2.14. The topological polar surface area (TPSA) is 68.1 Å². The van der Waals surface area contributed by atoms with Gasteiger partial charge in [-0.25, -0.2) is 4.98 Å². The summed E-state index contributed by atoms with van der Waals surface area (Å²) in [6.07, 6.45) is 1.72. The Kier molecular flexibility index (Phi) is 3.88. The van der Waals surface area contributed by atoms with Crippen LogP contribution in [0.1, 0.15) is 5.56 Å². The molecule has 1 aromatic carbocycles. The van der Waals surface area contributed by atoms with E-state index >= 15 is 0 Å². The van der Waals surface area contributed by atoms with E-state index in [0.717, 1.165) is 15.9 Å². The number of rotatable bonds is 4. The lowest BCUT2D eigenvalue weighted by molar-refractivity contribution is -0.384. The number of nitro benzene ring substituents is 1. The Bertz CT molecular complexity index is 540. The first kappa shape index (κ1) is 12.5. The summed E-state index contributed by atoms with van der Waals surface area (Å²) in [5.41, 5.74) is 1.98. The van der Waals surface area contributed by atoms with Crippen LogP contribution in [0, 0.1) is 10.1 Å². The molecule has 2 aromatic rings. The van der Waals surface area contributed by atoms with Crippen molar-refractivity contribution in [3.8, 4) is 0 Å². The second-order valence-corrected chi connectivity index (χ2v) is 4.46. The smallest absolute Gasteiger partial charge is 0.269 e. The molecule has 5 nitrogen and oxygen atoms in total. The molecule has 0 bridgehead atoms. The van der Waals surface area contributed by atoms with E-state index in [1.54, 1.807) is 18.3 Å². The first-order chi connectivity index (χ1) is 8.65. The summed E-state index contributed by atoms with van der Waals surface area (Å²) >= 11 is 3.26. The molecule has 0 saturated heterocycles. The number of nitrogens with one attached hydrogen (secondary N) is 1. The predicted octanol–water partition coefficient (Wildman–Crippen LogP) is 3.36. The van der Waals surface area contributed by atoms with Crippen LogP contribution in [-0.2, 0) is 6.54 Å². The maximum atomic E-state index is 10.5. The average molecular weight is 308 g/mol. The minimum Gasteiger partial charge on any atom is -0.380 e. The lowest BCUT2D eigenvalue weighted by Gasteiger charge is -2.05. The molecule has 0 atom stereocenters. The number of anilines is 1. The van der Waals surface area contributed by atoms with Crippen molar-refractivity contribution < 1.29 is 4.92 Å². The van der Waals surface area contributed by atoms with Gasteiger partial charge in [0.1, 0.15) is 4.60 Å². The largest absolute Gasteiger partial charge is 0.380 e. The van der Waals surface area contributed by atoms with Crippen molar-refractivity contribution in [2.24, 2.45) is 0 Å². The number of hydrogen-bond acceptors (Lipinski definition) is 4. The Labute approximate surface area is 112 Å². The zero-order chi connectivity index (χ0) is 13.0. The Morgan fingerprint density at radius 3 is 2.50 bits per heavy atom. The Morgan fingerprint density at radius 2 is 1.94 bits per heavy atom. The summed E-state index contributed by atoms with van der Waals surface area (Å²) in [5.74, 6) is 0. The quantitative estimate of drug-likeness (QED) is 0.534. The second-order valence-electron chi connectivity index (χ2n) is 3.65. The summed E-state index contributed by atoms with van der Waals surface area (Å²) in [6.45, 7) is 0.599. The normalized spacial score (nSPS) is 10.1. The molecule has 2 rings (SSSR count). The number of nitrogens with zero attached hydrogens (tertiary/aromatic N) is 2. The fraction of sp³-hybridized carbons (Fsp3) is 0.0833. The zero-order valence-electron chi connectivity index (χ0n) is 9.34. The summed E-state index contributed by atoms with van der Waals surface area (Å²) in [4.78, 5) is 14.2. The molecule has 0 saturated carbocycles. The third kappa shape index (κ3) is 3.27. The molecular weight excluding hydrogens is 298 g/mol. The van der Waals surface area contributed by atoms with Crippen LogP contribution in [0.25, 0.3) is 0 Å². The van der Waals surface area contributed by atoms with Crippen LogP contribution in [0.3, 0.4) is 0 Å². The number of benzene rings is 1. The van der Waals surface area contributed by atoms with E-state index in [9.17, 15) is 10.1 Å². The highest BCUT2D eigenvalue weighted by Gasteiger charge is 2.03. The predicted molar refractivity (Wildman–Crippen MR) is 72.4 cm³/mol. The third-order valence-corrected chi connectivity index (χ3v) is 2.84. The first-order valence-electron chi connectivity index (χ1n) is 5.24. The highest BCUT2D eigenvalue weighted by molar-refractivity contribution is 9.10. The van der Waals surface area contributed by atoms with Crippen LogP contribution in [0.2, 0.25) is 0 Å². The molecule has 18 heavy (non-hydrogen) atoms. The van der Waals surface area contributed by atoms with Crippen molar-refractivity contribution in [3.05, 3.63) is 62.9 Å². The van der Waals surface area contributed by atoms with Crippen LogP contribution < -0.4 is 5.32 Å². The number of pyridine rings is 1. The van der Waals surface area contributed by atoms with E-state index in [-0.39, 0.29) is 5.69 Å². The molecule has 0 radical (unpaired) electrons. The Hall–Kier alpha value is -1.95. The lowest BCUT2D eigenvalue weighted by atomic mass is 10.2. The summed E-state index contributed by atoms with van der Waals surface area (Å²) in [7, 11) is 0. The number of hydrogen-bond donors (Lipinski definition) is 1. The third-order valence-electron chi connectivity index (χ3n) is 2.37. The van der Waals surface area contributed by atoms with Crippen molar-refractivity contribution in [1.82, 2.24) is 4.98 Å². The van der Waals surface area contributed by atoms with Gasteiger partial charge in [-0.1, -0.05) is 12.1 Å². The van der Waals surface area contributed by atoms with Gasteiger partial charge in [-0.05, 0) is 33.6 Å². The molecule has 0 fully saturated rings. The van der Waals surface area contributed by atoms with E-state index in [2.05, 4.69) is 26.2 Å². The average Bonchev–Trinajstić information content (AvgIpc) is 2.38. The van der Waals surface area contributed by atoms with Crippen molar-refractivity contribution in [3.63, 3.8) is 0 Å². The molecule has 0 aliphatic heterocycles.